The minimum atomic E-state index is -0.126. The number of carbonyl (C=O) groups excluding carboxylic acids is 1. The molecule has 4 nitrogen and oxygen atoms in total. The molecule has 136 valence electrons. The lowest BCUT2D eigenvalue weighted by Gasteiger charge is -2.13. The van der Waals surface area contributed by atoms with E-state index in [1.165, 1.54) is 31.3 Å². The zero-order chi connectivity index (χ0) is 18.2. The Bertz CT molecular complexity index is 771. The second kappa shape index (κ2) is 9.39. The third-order valence-corrected chi connectivity index (χ3v) is 4.92. The highest BCUT2D eigenvalue weighted by Crippen LogP contribution is 2.19. The number of carbonyl (C=O) groups is 1. The predicted molar refractivity (Wildman–Crippen MR) is 107 cm³/mol. The van der Waals surface area contributed by atoms with Crippen molar-refractivity contribution in [3.8, 4) is 0 Å². The van der Waals surface area contributed by atoms with E-state index >= 15 is 0 Å². The van der Waals surface area contributed by atoms with Crippen LogP contribution in [0.5, 0.6) is 0 Å². The van der Waals surface area contributed by atoms with Gasteiger partial charge in [-0.05, 0) is 55.9 Å². The molecular formula is C21H24ClN3O. The number of pyridine rings is 1. The molecule has 0 unspecified atom stereocenters. The molecule has 0 aliphatic heterocycles. The number of rotatable bonds is 7. The third kappa shape index (κ3) is 5.33. The first-order chi connectivity index (χ1) is 12.7. The van der Waals surface area contributed by atoms with Gasteiger partial charge in [-0.2, -0.15) is 0 Å². The molecule has 2 aromatic rings. The summed E-state index contributed by atoms with van der Waals surface area (Å²) in [6.07, 6.45) is 9.82. The fourth-order valence-corrected chi connectivity index (χ4v) is 3.23. The lowest BCUT2D eigenvalue weighted by Crippen LogP contribution is -2.25. The maximum Gasteiger partial charge on any atom is 0.269 e. The highest BCUT2D eigenvalue weighted by Gasteiger charge is 2.08. The van der Waals surface area contributed by atoms with Crippen LogP contribution < -0.4 is 10.6 Å². The summed E-state index contributed by atoms with van der Waals surface area (Å²) in [4.78, 5) is 16.4. The first-order valence-electron chi connectivity index (χ1n) is 9.12. The molecule has 1 amide bonds. The summed E-state index contributed by atoms with van der Waals surface area (Å²) in [5.74, 6) is -0.126. The molecule has 1 heterocycles. The van der Waals surface area contributed by atoms with Crippen LogP contribution in [0.1, 0.15) is 48.2 Å². The van der Waals surface area contributed by atoms with Gasteiger partial charge in [0.05, 0.1) is 11.9 Å². The van der Waals surface area contributed by atoms with E-state index in [1.54, 1.807) is 12.3 Å². The van der Waals surface area contributed by atoms with Gasteiger partial charge in [-0.15, -0.1) is 0 Å². The molecule has 5 heteroatoms. The summed E-state index contributed by atoms with van der Waals surface area (Å²) < 4.78 is 0. The van der Waals surface area contributed by atoms with Crippen LogP contribution in [-0.2, 0) is 6.54 Å². The van der Waals surface area contributed by atoms with E-state index in [9.17, 15) is 4.79 Å². The number of aromatic nitrogens is 1. The Morgan fingerprint density at radius 1 is 1.15 bits per heavy atom. The fraction of sp³-hybridized carbons (Fsp3) is 0.333. The lowest BCUT2D eigenvalue weighted by molar-refractivity contribution is 0.0949. The Hall–Kier alpha value is -2.33. The molecule has 3 rings (SSSR count). The molecule has 1 aliphatic carbocycles. The molecule has 0 bridgehead atoms. The molecule has 0 radical (unpaired) electrons. The third-order valence-electron chi connectivity index (χ3n) is 4.55. The van der Waals surface area contributed by atoms with Gasteiger partial charge in [0.25, 0.3) is 5.91 Å². The highest BCUT2D eigenvalue weighted by atomic mass is 35.5. The average Bonchev–Trinajstić information content (AvgIpc) is 2.68. The Kier molecular flexibility index (Phi) is 6.67. The first-order valence-corrected chi connectivity index (χ1v) is 9.49. The van der Waals surface area contributed by atoms with E-state index in [4.69, 9.17) is 11.6 Å². The van der Waals surface area contributed by atoms with Crippen LogP contribution in [0.2, 0.25) is 5.02 Å². The van der Waals surface area contributed by atoms with Crippen LogP contribution in [0.3, 0.4) is 0 Å². The van der Waals surface area contributed by atoms with Crippen LogP contribution in [0, 0.1) is 0 Å². The van der Waals surface area contributed by atoms with Crippen LogP contribution in [0.4, 0.5) is 5.69 Å². The van der Waals surface area contributed by atoms with Crippen LogP contribution in [0.25, 0.3) is 0 Å². The zero-order valence-electron chi connectivity index (χ0n) is 14.8. The molecule has 1 aromatic heterocycles. The molecule has 0 fully saturated rings. The summed E-state index contributed by atoms with van der Waals surface area (Å²) in [5.41, 5.74) is 3.77. The topological polar surface area (TPSA) is 54.0 Å². The molecule has 0 spiro atoms. The largest absolute Gasteiger partial charge is 0.380 e. The standard InChI is InChI=1S/C21H24ClN3O/c22-19-9-5-4-8-17(19)14-24-18-10-11-20(25-15-18)21(26)23-13-12-16-6-2-1-3-7-16/h4-6,8-11,15,24H,1-3,7,12-14H2,(H,23,26). The van der Waals surface area contributed by atoms with Crippen molar-refractivity contribution in [3.05, 3.63) is 70.5 Å². The number of anilines is 1. The van der Waals surface area contributed by atoms with E-state index in [2.05, 4.69) is 21.7 Å². The first kappa shape index (κ1) is 18.5. The van der Waals surface area contributed by atoms with Gasteiger partial charge < -0.3 is 10.6 Å². The van der Waals surface area contributed by atoms with Gasteiger partial charge in [-0.3, -0.25) is 4.79 Å². The quantitative estimate of drug-likeness (QED) is 0.677. The molecule has 26 heavy (non-hydrogen) atoms. The van der Waals surface area contributed by atoms with Gasteiger partial charge in [0.1, 0.15) is 5.69 Å². The van der Waals surface area contributed by atoms with Gasteiger partial charge in [0.2, 0.25) is 0 Å². The molecule has 1 aliphatic rings. The number of halogens is 1. The number of nitrogens with one attached hydrogen (secondary N) is 2. The van der Waals surface area contributed by atoms with Crippen molar-refractivity contribution in [1.82, 2.24) is 10.3 Å². The highest BCUT2D eigenvalue weighted by molar-refractivity contribution is 6.31. The minimum Gasteiger partial charge on any atom is -0.380 e. The second-order valence-electron chi connectivity index (χ2n) is 6.49. The van der Waals surface area contributed by atoms with Gasteiger partial charge in [0, 0.05) is 18.1 Å². The maximum absolute atomic E-state index is 12.2. The lowest BCUT2D eigenvalue weighted by atomic mass is 9.97. The van der Waals surface area contributed by atoms with Crippen LogP contribution in [-0.4, -0.2) is 17.4 Å². The number of amides is 1. The average molecular weight is 370 g/mol. The van der Waals surface area contributed by atoms with Gasteiger partial charge >= 0.3 is 0 Å². The number of benzene rings is 1. The number of hydrogen-bond donors (Lipinski definition) is 2. The van der Waals surface area contributed by atoms with Crippen molar-refractivity contribution in [2.45, 2.75) is 38.6 Å². The summed E-state index contributed by atoms with van der Waals surface area (Å²) in [5, 5.41) is 6.95. The normalized spacial score (nSPS) is 13.8. The SMILES string of the molecule is O=C(NCCC1=CCCCC1)c1ccc(NCc2ccccc2Cl)cn1. The van der Waals surface area contributed by atoms with E-state index in [-0.39, 0.29) is 5.91 Å². The van der Waals surface area contributed by atoms with Gasteiger partial charge in [-0.1, -0.05) is 41.4 Å². The molecule has 0 atom stereocenters. The maximum atomic E-state index is 12.2. The van der Waals surface area contributed by atoms with E-state index in [0.717, 1.165) is 22.7 Å². The number of hydrogen-bond acceptors (Lipinski definition) is 3. The summed E-state index contributed by atoms with van der Waals surface area (Å²) in [6, 6.07) is 11.3. The van der Waals surface area contributed by atoms with E-state index in [0.29, 0.717) is 18.8 Å². The Labute approximate surface area is 159 Å². The van der Waals surface area contributed by atoms with Crippen molar-refractivity contribution in [3.63, 3.8) is 0 Å². The van der Waals surface area contributed by atoms with Crippen molar-refractivity contribution in [2.75, 3.05) is 11.9 Å². The van der Waals surface area contributed by atoms with Crippen molar-refractivity contribution >= 4 is 23.2 Å². The van der Waals surface area contributed by atoms with Gasteiger partial charge in [-0.25, -0.2) is 4.98 Å². The van der Waals surface area contributed by atoms with E-state index in [1.807, 2.05) is 30.3 Å². The summed E-state index contributed by atoms with van der Waals surface area (Å²) in [7, 11) is 0. The Morgan fingerprint density at radius 3 is 2.77 bits per heavy atom. The van der Waals surface area contributed by atoms with Crippen molar-refractivity contribution in [1.29, 1.82) is 0 Å². The van der Waals surface area contributed by atoms with Crippen LogP contribution >= 0.6 is 11.6 Å². The minimum absolute atomic E-state index is 0.126. The summed E-state index contributed by atoms with van der Waals surface area (Å²) >= 11 is 6.15. The smallest absolute Gasteiger partial charge is 0.269 e. The summed E-state index contributed by atoms with van der Waals surface area (Å²) in [6.45, 7) is 1.28. The van der Waals surface area contributed by atoms with E-state index < -0.39 is 0 Å². The van der Waals surface area contributed by atoms with Crippen LogP contribution in [0.15, 0.2) is 54.2 Å². The monoisotopic (exact) mass is 369 g/mol. The molecule has 0 saturated heterocycles. The van der Waals surface area contributed by atoms with Crippen molar-refractivity contribution in [2.24, 2.45) is 0 Å². The van der Waals surface area contributed by atoms with Crippen molar-refractivity contribution < 1.29 is 4.79 Å². The Balaban J connectivity index is 1.46. The predicted octanol–water partition coefficient (Wildman–Crippen LogP) is 4.97. The Morgan fingerprint density at radius 2 is 2.04 bits per heavy atom. The molecule has 2 N–H and O–H groups in total. The zero-order valence-corrected chi connectivity index (χ0v) is 15.6. The fourth-order valence-electron chi connectivity index (χ4n) is 3.03. The molecular weight excluding hydrogens is 346 g/mol. The molecule has 0 saturated carbocycles. The number of nitrogens with zero attached hydrogens (tertiary/aromatic N) is 1. The van der Waals surface area contributed by atoms with Gasteiger partial charge in [0.15, 0.2) is 0 Å². The molecule has 1 aromatic carbocycles. The number of allylic oxidation sites excluding steroid dienone is 1. The second-order valence-corrected chi connectivity index (χ2v) is 6.90.